The number of nitrogens with zero attached hydrogens (tertiary/aromatic N) is 1. The molecule has 1 saturated heterocycles. The molecule has 1 atom stereocenters. The molecule has 17 heavy (non-hydrogen) atoms. The summed E-state index contributed by atoms with van der Waals surface area (Å²) in [5.41, 5.74) is -1.92. The van der Waals surface area contributed by atoms with Crippen LogP contribution in [0.25, 0.3) is 0 Å². The van der Waals surface area contributed by atoms with Crippen LogP contribution in [0, 0.1) is 0 Å². The number of carboxylic acids is 1. The lowest BCUT2D eigenvalue weighted by molar-refractivity contribution is 0.0567. The number of carboxylic acid groups (broad SMARTS) is 1. The molecule has 2 N–H and O–H groups in total. The Morgan fingerprint density at radius 3 is 2.88 bits per heavy atom. The summed E-state index contributed by atoms with van der Waals surface area (Å²) in [6.07, 6.45) is 2.62. The molecule has 92 valence electrons. The normalized spacial score (nSPS) is 20.1. The first kappa shape index (κ1) is 11.6. The first-order valence-corrected chi connectivity index (χ1v) is 5.26. The molecular weight excluding hydrogens is 228 g/mol. The van der Waals surface area contributed by atoms with Gasteiger partial charge < -0.3 is 9.84 Å². The van der Waals surface area contributed by atoms with Gasteiger partial charge in [0.2, 0.25) is 0 Å². The molecular formula is C10H12N2O5. The summed E-state index contributed by atoms with van der Waals surface area (Å²) in [7, 11) is 0. The van der Waals surface area contributed by atoms with Crippen LogP contribution in [0.15, 0.2) is 15.8 Å². The standard InChI is InChI=1S/C10H12N2O5/c13-8-7(9(14)15)4-12(10(16)11-8)6-2-1-3-17-5-6/h4,6H,1-3,5H2,(H,14,15)(H,11,13,16). The Bertz CT molecular complexity index is 538. The molecule has 2 rings (SSSR count). The largest absolute Gasteiger partial charge is 0.477 e. The number of nitrogens with one attached hydrogen (secondary N) is 1. The van der Waals surface area contributed by atoms with Crippen molar-refractivity contribution in [2.75, 3.05) is 13.2 Å². The fraction of sp³-hybridized carbons (Fsp3) is 0.500. The second kappa shape index (κ2) is 4.54. The molecule has 2 heterocycles. The maximum atomic E-state index is 11.6. The van der Waals surface area contributed by atoms with Crippen LogP contribution in [-0.4, -0.2) is 33.8 Å². The lowest BCUT2D eigenvalue weighted by atomic mass is 10.1. The van der Waals surface area contributed by atoms with Crippen LogP contribution in [0.5, 0.6) is 0 Å². The first-order chi connectivity index (χ1) is 8.09. The third-order valence-electron chi connectivity index (χ3n) is 2.73. The number of hydrogen-bond donors (Lipinski definition) is 2. The van der Waals surface area contributed by atoms with Gasteiger partial charge in [0.05, 0.1) is 12.6 Å². The molecule has 1 aromatic heterocycles. The molecule has 0 radical (unpaired) electrons. The zero-order chi connectivity index (χ0) is 12.4. The number of aromatic nitrogens is 2. The van der Waals surface area contributed by atoms with Gasteiger partial charge in [0, 0.05) is 12.8 Å². The van der Waals surface area contributed by atoms with E-state index >= 15 is 0 Å². The van der Waals surface area contributed by atoms with Crippen LogP contribution >= 0.6 is 0 Å². The maximum absolute atomic E-state index is 11.6. The summed E-state index contributed by atoms with van der Waals surface area (Å²) >= 11 is 0. The summed E-state index contributed by atoms with van der Waals surface area (Å²) in [5.74, 6) is -1.35. The van der Waals surface area contributed by atoms with Gasteiger partial charge in [-0.25, -0.2) is 9.59 Å². The third kappa shape index (κ3) is 2.28. The molecule has 1 fully saturated rings. The smallest absolute Gasteiger partial charge is 0.342 e. The van der Waals surface area contributed by atoms with Gasteiger partial charge in [0.25, 0.3) is 5.56 Å². The monoisotopic (exact) mass is 240 g/mol. The van der Waals surface area contributed by atoms with Gasteiger partial charge in [0.15, 0.2) is 0 Å². The van der Waals surface area contributed by atoms with E-state index in [0.717, 1.165) is 19.0 Å². The molecule has 0 aromatic carbocycles. The molecule has 0 bridgehead atoms. The number of rotatable bonds is 2. The lowest BCUT2D eigenvalue weighted by Gasteiger charge is -2.23. The Kier molecular flexibility index (Phi) is 3.10. The minimum atomic E-state index is -1.35. The van der Waals surface area contributed by atoms with Crippen LogP contribution in [0.2, 0.25) is 0 Å². The summed E-state index contributed by atoms with van der Waals surface area (Å²) < 4.78 is 6.45. The molecule has 1 aromatic rings. The molecule has 0 saturated carbocycles. The number of H-pyrrole nitrogens is 1. The van der Waals surface area contributed by atoms with Gasteiger partial charge in [-0.3, -0.25) is 14.3 Å². The van der Waals surface area contributed by atoms with Crippen molar-refractivity contribution in [3.63, 3.8) is 0 Å². The van der Waals surface area contributed by atoms with E-state index in [9.17, 15) is 14.4 Å². The summed E-state index contributed by atoms with van der Waals surface area (Å²) in [5, 5.41) is 8.81. The van der Waals surface area contributed by atoms with Gasteiger partial charge in [-0.1, -0.05) is 0 Å². The molecule has 0 aliphatic carbocycles. The van der Waals surface area contributed by atoms with E-state index in [2.05, 4.69) is 0 Å². The van der Waals surface area contributed by atoms with Crippen molar-refractivity contribution in [3.05, 3.63) is 32.6 Å². The average Bonchev–Trinajstić information content (AvgIpc) is 2.29. The van der Waals surface area contributed by atoms with Crippen molar-refractivity contribution in [3.8, 4) is 0 Å². The van der Waals surface area contributed by atoms with E-state index < -0.39 is 22.8 Å². The van der Waals surface area contributed by atoms with E-state index in [-0.39, 0.29) is 6.04 Å². The Morgan fingerprint density at radius 1 is 1.53 bits per heavy atom. The van der Waals surface area contributed by atoms with Gasteiger partial charge in [-0.15, -0.1) is 0 Å². The van der Waals surface area contributed by atoms with Crippen LogP contribution in [-0.2, 0) is 4.74 Å². The molecule has 0 spiro atoms. The maximum Gasteiger partial charge on any atom is 0.342 e. The minimum Gasteiger partial charge on any atom is -0.477 e. The van der Waals surface area contributed by atoms with Crippen molar-refractivity contribution < 1.29 is 14.6 Å². The van der Waals surface area contributed by atoms with Crippen LogP contribution < -0.4 is 11.2 Å². The van der Waals surface area contributed by atoms with E-state index in [1.165, 1.54) is 4.57 Å². The van der Waals surface area contributed by atoms with Crippen LogP contribution in [0.4, 0.5) is 0 Å². The predicted octanol–water partition coefficient (Wildman–Crippen LogP) is -0.414. The number of carbonyl (C=O) groups is 1. The number of aromatic carboxylic acids is 1. The Labute approximate surface area is 95.7 Å². The second-order valence-electron chi connectivity index (χ2n) is 3.89. The zero-order valence-corrected chi connectivity index (χ0v) is 9.01. The molecule has 7 nitrogen and oxygen atoms in total. The second-order valence-corrected chi connectivity index (χ2v) is 3.89. The van der Waals surface area contributed by atoms with Gasteiger partial charge in [-0.05, 0) is 12.8 Å². The van der Waals surface area contributed by atoms with Gasteiger partial charge in [0.1, 0.15) is 5.56 Å². The van der Waals surface area contributed by atoms with Crippen molar-refractivity contribution in [2.45, 2.75) is 18.9 Å². The number of aromatic amines is 1. The lowest BCUT2D eigenvalue weighted by Crippen LogP contribution is -2.37. The Morgan fingerprint density at radius 2 is 2.29 bits per heavy atom. The highest BCUT2D eigenvalue weighted by Gasteiger charge is 2.19. The first-order valence-electron chi connectivity index (χ1n) is 5.26. The summed E-state index contributed by atoms with van der Waals surface area (Å²) in [6.45, 7) is 0.991. The molecule has 7 heteroatoms. The quantitative estimate of drug-likeness (QED) is 0.731. The molecule has 1 aliphatic heterocycles. The van der Waals surface area contributed by atoms with E-state index in [0.29, 0.717) is 13.2 Å². The van der Waals surface area contributed by atoms with Crippen molar-refractivity contribution >= 4 is 5.97 Å². The summed E-state index contributed by atoms with van der Waals surface area (Å²) in [4.78, 5) is 35.6. The molecule has 1 unspecified atom stereocenters. The third-order valence-corrected chi connectivity index (χ3v) is 2.73. The highest BCUT2D eigenvalue weighted by Crippen LogP contribution is 2.17. The topological polar surface area (TPSA) is 101 Å². The average molecular weight is 240 g/mol. The Hall–Kier alpha value is -1.89. The van der Waals surface area contributed by atoms with Crippen LogP contribution in [0.1, 0.15) is 29.2 Å². The highest BCUT2D eigenvalue weighted by atomic mass is 16.5. The van der Waals surface area contributed by atoms with Crippen molar-refractivity contribution in [1.29, 1.82) is 0 Å². The van der Waals surface area contributed by atoms with E-state index in [4.69, 9.17) is 9.84 Å². The van der Waals surface area contributed by atoms with E-state index in [1.807, 2.05) is 4.98 Å². The number of hydrogen-bond acceptors (Lipinski definition) is 4. The zero-order valence-electron chi connectivity index (χ0n) is 9.01. The summed E-state index contributed by atoms with van der Waals surface area (Å²) in [6, 6.07) is -0.216. The van der Waals surface area contributed by atoms with Gasteiger partial charge >= 0.3 is 11.7 Å². The molecule has 1 aliphatic rings. The SMILES string of the molecule is O=C(O)c1cn(C2CCCOC2)c(=O)[nH]c1=O. The highest BCUT2D eigenvalue weighted by molar-refractivity contribution is 5.86. The van der Waals surface area contributed by atoms with Crippen molar-refractivity contribution in [2.24, 2.45) is 0 Å². The predicted molar refractivity (Wildman–Crippen MR) is 57.4 cm³/mol. The Balaban J connectivity index is 2.46. The van der Waals surface area contributed by atoms with Crippen molar-refractivity contribution in [1.82, 2.24) is 9.55 Å². The van der Waals surface area contributed by atoms with Gasteiger partial charge in [-0.2, -0.15) is 0 Å². The molecule has 0 amide bonds. The number of ether oxygens (including phenoxy) is 1. The van der Waals surface area contributed by atoms with E-state index in [1.54, 1.807) is 0 Å². The fourth-order valence-electron chi connectivity index (χ4n) is 1.85. The van der Waals surface area contributed by atoms with Crippen LogP contribution in [0.3, 0.4) is 0 Å². The minimum absolute atomic E-state index is 0.216. The fourth-order valence-corrected chi connectivity index (χ4v) is 1.85.